The van der Waals surface area contributed by atoms with Crippen molar-refractivity contribution in [2.75, 3.05) is 5.32 Å². The predicted molar refractivity (Wildman–Crippen MR) is 125 cm³/mol. The number of nitrogens with zero attached hydrogens (tertiary/aromatic N) is 2. The van der Waals surface area contributed by atoms with Crippen molar-refractivity contribution in [3.63, 3.8) is 0 Å². The van der Waals surface area contributed by atoms with E-state index >= 15 is 0 Å². The third-order valence-corrected chi connectivity index (χ3v) is 6.73. The third kappa shape index (κ3) is 5.89. The van der Waals surface area contributed by atoms with Gasteiger partial charge in [-0.2, -0.15) is 13.2 Å². The molecule has 0 saturated heterocycles. The number of aromatic nitrogens is 2. The van der Waals surface area contributed by atoms with Crippen LogP contribution in [0.15, 0.2) is 83.2 Å². The first-order chi connectivity index (χ1) is 16.3. The Kier molecular flexibility index (Phi) is 7.09. The second kappa shape index (κ2) is 10.2. The van der Waals surface area contributed by atoms with E-state index in [0.717, 1.165) is 23.5 Å². The molecular weight excluding hydrogens is 483 g/mol. The molecular formula is C24H16F3N3O2S2. The van der Waals surface area contributed by atoms with Crippen LogP contribution in [0.2, 0.25) is 0 Å². The van der Waals surface area contributed by atoms with Gasteiger partial charge in [-0.05, 0) is 23.8 Å². The van der Waals surface area contributed by atoms with Crippen molar-refractivity contribution >= 4 is 39.9 Å². The Balaban J connectivity index is 1.35. The minimum absolute atomic E-state index is 0.140. The van der Waals surface area contributed by atoms with Crippen LogP contribution in [0.4, 0.5) is 18.3 Å². The SMILES string of the molecule is O=C(Nc1nnc(SCc2cccc(C(F)(F)F)c2)s1)c1ccc(C(=O)c2ccccc2)cc1. The van der Waals surface area contributed by atoms with E-state index in [4.69, 9.17) is 0 Å². The fraction of sp³-hybridized carbons (Fsp3) is 0.0833. The topological polar surface area (TPSA) is 72.0 Å². The van der Waals surface area contributed by atoms with E-state index in [-0.39, 0.29) is 16.7 Å². The molecule has 1 aromatic heterocycles. The van der Waals surface area contributed by atoms with E-state index < -0.39 is 17.6 Å². The molecule has 4 rings (SSSR count). The molecule has 34 heavy (non-hydrogen) atoms. The maximum absolute atomic E-state index is 12.9. The van der Waals surface area contributed by atoms with Gasteiger partial charge in [0.2, 0.25) is 5.13 Å². The highest BCUT2D eigenvalue weighted by molar-refractivity contribution is 8.00. The largest absolute Gasteiger partial charge is 0.416 e. The van der Waals surface area contributed by atoms with Crippen molar-refractivity contribution in [2.24, 2.45) is 0 Å². The molecule has 0 atom stereocenters. The lowest BCUT2D eigenvalue weighted by Gasteiger charge is -2.07. The molecule has 0 spiro atoms. The number of carbonyl (C=O) groups is 2. The van der Waals surface area contributed by atoms with Crippen molar-refractivity contribution in [3.05, 3.63) is 107 Å². The first-order valence-corrected chi connectivity index (χ1v) is 11.7. The Labute approximate surface area is 201 Å². The summed E-state index contributed by atoms with van der Waals surface area (Å²) in [7, 11) is 0. The standard InChI is InChI=1S/C24H16F3N3O2S2/c25-24(26,27)19-8-4-5-15(13-19)14-33-23-30-29-22(34-23)28-21(32)18-11-9-17(10-12-18)20(31)16-6-2-1-3-7-16/h1-13H,14H2,(H,28,29,32). The minimum atomic E-state index is -4.39. The van der Waals surface area contributed by atoms with Crippen molar-refractivity contribution in [1.29, 1.82) is 0 Å². The van der Waals surface area contributed by atoms with Gasteiger partial charge >= 0.3 is 6.18 Å². The van der Waals surface area contributed by atoms with Gasteiger partial charge in [0.15, 0.2) is 10.1 Å². The van der Waals surface area contributed by atoms with Crippen LogP contribution in [0, 0.1) is 0 Å². The van der Waals surface area contributed by atoms with Gasteiger partial charge in [0.05, 0.1) is 5.56 Å². The maximum atomic E-state index is 12.9. The molecule has 0 aliphatic heterocycles. The molecule has 0 radical (unpaired) electrons. The number of rotatable bonds is 7. The highest BCUT2D eigenvalue weighted by Crippen LogP contribution is 2.32. The van der Waals surface area contributed by atoms with Gasteiger partial charge in [-0.3, -0.25) is 14.9 Å². The normalized spacial score (nSPS) is 11.3. The molecule has 10 heteroatoms. The smallest absolute Gasteiger partial charge is 0.296 e. The van der Waals surface area contributed by atoms with Crippen LogP contribution in [-0.2, 0) is 11.9 Å². The first kappa shape index (κ1) is 23.7. The molecule has 0 saturated carbocycles. The zero-order valence-electron chi connectivity index (χ0n) is 17.4. The number of alkyl halides is 3. The van der Waals surface area contributed by atoms with Gasteiger partial charge in [-0.25, -0.2) is 0 Å². The Morgan fingerprint density at radius 3 is 2.24 bits per heavy atom. The van der Waals surface area contributed by atoms with E-state index in [2.05, 4.69) is 15.5 Å². The van der Waals surface area contributed by atoms with E-state index in [9.17, 15) is 22.8 Å². The summed E-state index contributed by atoms with van der Waals surface area (Å²) in [5, 5.41) is 10.8. The minimum Gasteiger partial charge on any atom is -0.296 e. The monoisotopic (exact) mass is 499 g/mol. The molecule has 3 aromatic carbocycles. The Morgan fingerprint density at radius 1 is 0.853 bits per heavy atom. The van der Waals surface area contributed by atoms with Gasteiger partial charge in [0.25, 0.3) is 5.91 Å². The first-order valence-electron chi connectivity index (χ1n) is 9.93. The van der Waals surface area contributed by atoms with Gasteiger partial charge in [-0.15, -0.1) is 10.2 Å². The number of thioether (sulfide) groups is 1. The van der Waals surface area contributed by atoms with E-state index in [1.165, 1.54) is 17.8 Å². The van der Waals surface area contributed by atoms with Crippen LogP contribution in [0.25, 0.3) is 0 Å². The van der Waals surface area contributed by atoms with E-state index in [1.807, 2.05) is 6.07 Å². The summed E-state index contributed by atoms with van der Waals surface area (Å²) in [6, 6.07) is 20.2. The lowest BCUT2D eigenvalue weighted by Crippen LogP contribution is -2.12. The van der Waals surface area contributed by atoms with E-state index in [1.54, 1.807) is 54.6 Å². The predicted octanol–water partition coefficient (Wildman–Crippen LogP) is 6.33. The number of amides is 1. The van der Waals surface area contributed by atoms with Crippen molar-refractivity contribution in [2.45, 2.75) is 16.3 Å². The van der Waals surface area contributed by atoms with Crippen LogP contribution in [-0.4, -0.2) is 21.9 Å². The average Bonchev–Trinajstić information content (AvgIpc) is 3.30. The molecule has 0 unspecified atom stereocenters. The second-order valence-corrected chi connectivity index (χ2v) is 9.29. The summed E-state index contributed by atoms with van der Waals surface area (Å²) in [6.45, 7) is 0. The third-order valence-electron chi connectivity index (χ3n) is 4.69. The van der Waals surface area contributed by atoms with Gasteiger partial charge in [-0.1, -0.05) is 83.8 Å². The molecule has 172 valence electrons. The zero-order chi connectivity index (χ0) is 24.1. The molecule has 0 aliphatic rings. The van der Waals surface area contributed by atoms with Crippen molar-refractivity contribution in [1.82, 2.24) is 10.2 Å². The van der Waals surface area contributed by atoms with Crippen LogP contribution in [0.3, 0.4) is 0 Å². The summed E-state index contributed by atoms with van der Waals surface area (Å²) >= 11 is 2.35. The lowest BCUT2D eigenvalue weighted by molar-refractivity contribution is -0.137. The summed E-state index contributed by atoms with van der Waals surface area (Å²) in [6.07, 6.45) is -4.39. The summed E-state index contributed by atoms with van der Waals surface area (Å²) in [5.74, 6) is -0.271. The molecule has 0 fully saturated rings. The lowest BCUT2D eigenvalue weighted by atomic mass is 10.0. The second-order valence-electron chi connectivity index (χ2n) is 7.09. The zero-order valence-corrected chi connectivity index (χ0v) is 19.0. The molecule has 4 aromatic rings. The number of benzene rings is 3. The van der Waals surface area contributed by atoms with Crippen molar-refractivity contribution < 1.29 is 22.8 Å². The van der Waals surface area contributed by atoms with Crippen LogP contribution >= 0.6 is 23.1 Å². The number of hydrogen-bond donors (Lipinski definition) is 1. The molecule has 5 nitrogen and oxygen atoms in total. The van der Waals surface area contributed by atoms with Crippen LogP contribution in [0.5, 0.6) is 0 Å². The molecule has 1 N–H and O–H groups in total. The fourth-order valence-electron chi connectivity index (χ4n) is 3.00. The summed E-state index contributed by atoms with van der Waals surface area (Å²) < 4.78 is 39.1. The van der Waals surface area contributed by atoms with Gasteiger partial charge in [0, 0.05) is 22.4 Å². The van der Waals surface area contributed by atoms with E-state index in [0.29, 0.717) is 26.6 Å². The van der Waals surface area contributed by atoms with Crippen molar-refractivity contribution in [3.8, 4) is 0 Å². The average molecular weight is 500 g/mol. The number of carbonyl (C=O) groups excluding carboxylic acids is 2. The number of halogens is 3. The molecule has 0 bridgehead atoms. The van der Waals surface area contributed by atoms with Gasteiger partial charge < -0.3 is 0 Å². The number of ketones is 1. The highest BCUT2D eigenvalue weighted by atomic mass is 32.2. The summed E-state index contributed by atoms with van der Waals surface area (Å²) in [4.78, 5) is 25.0. The Morgan fingerprint density at radius 2 is 1.53 bits per heavy atom. The molecule has 1 heterocycles. The van der Waals surface area contributed by atoms with Gasteiger partial charge in [0.1, 0.15) is 0 Å². The number of hydrogen-bond acceptors (Lipinski definition) is 6. The van der Waals surface area contributed by atoms with Crippen LogP contribution in [0.1, 0.15) is 37.4 Å². The number of anilines is 1. The Hall–Kier alpha value is -3.50. The number of nitrogens with one attached hydrogen (secondary N) is 1. The molecule has 0 aliphatic carbocycles. The fourth-order valence-corrected chi connectivity index (χ4v) is 4.69. The quantitative estimate of drug-likeness (QED) is 0.183. The maximum Gasteiger partial charge on any atom is 0.416 e. The highest BCUT2D eigenvalue weighted by Gasteiger charge is 2.30. The Bertz CT molecular complexity index is 1310. The summed E-state index contributed by atoms with van der Waals surface area (Å²) in [5.41, 5.74) is 1.17. The van der Waals surface area contributed by atoms with Crippen LogP contribution < -0.4 is 5.32 Å². The molecule has 1 amide bonds.